The van der Waals surface area contributed by atoms with Crippen LogP contribution in [0.15, 0.2) is 54.2 Å². The Balaban J connectivity index is 1.53. The molecule has 0 amide bonds. The van der Waals surface area contributed by atoms with Gasteiger partial charge in [0.25, 0.3) is 0 Å². The number of nitrogens with zero attached hydrogens (tertiary/aromatic N) is 4. The lowest BCUT2D eigenvalue weighted by Crippen LogP contribution is -2.33. The fraction of sp³-hybridized carbons (Fsp3) is 0.316. The third-order valence-electron chi connectivity index (χ3n) is 4.51. The first-order valence-electron chi connectivity index (χ1n) is 8.66. The lowest BCUT2D eigenvalue weighted by atomic mass is 9.98. The van der Waals surface area contributed by atoms with Crippen molar-refractivity contribution in [2.45, 2.75) is 31.8 Å². The molecule has 0 unspecified atom stereocenters. The molecule has 1 aliphatic rings. The summed E-state index contributed by atoms with van der Waals surface area (Å²) in [5.74, 6) is 0.623. The molecule has 1 saturated heterocycles. The van der Waals surface area contributed by atoms with E-state index in [1.807, 2.05) is 17.6 Å². The molecule has 3 heterocycles. The quantitative estimate of drug-likeness (QED) is 0.738. The van der Waals surface area contributed by atoms with E-state index in [-0.39, 0.29) is 0 Å². The highest BCUT2D eigenvalue weighted by Crippen LogP contribution is 2.31. The summed E-state index contributed by atoms with van der Waals surface area (Å²) in [6.07, 6.45) is 7.25. The molecule has 0 bridgehead atoms. The van der Waals surface area contributed by atoms with E-state index >= 15 is 0 Å². The van der Waals surface area contributed by atoms with Crippen LogP contribution in [0.3, 0.4) is 0 Å². The van der Waals surface area contributed by atoms with Gasteiger partial charge in [-0.1, -0.05) is 36.8 Å². The molecular formula is C19H21N5S. The average molecular weight is 351 g/mol. The third-order valence-corrected chi connectivity index (χ3v) is 5.20. The monoisotopic (exact) mass is 351 g/mol. The number of piperidine rings is 1. The molecule has 1 aromatic carbocycles. The minimum Gasteiger partial charge on any atom is -0.300 e. The molecule has 0 aliphatic carbocycles. The minimum absolute atomic E-state index is 0.341. The number of nitrogens with one attached hydrogen (secondary N) is 1. The molecular weight excluding hydrogens is 330 g/mol. The molecule has 1 fully saturated rings. The Hall–Kier alpha value is -2.31. The molecule has 1 N–H and O–H groups in total. The number of benzene rings is 1. The molecule has 0 saturated carbocycles. The van der Waals surface area contributed by atoms with Crippen molar-refractivity contribution in [3.8, 4) is 0 Å². The number of aromatic nitrogens is 3. The molecule has 0 spiro atoms. The highest BCUT2D eigenvalue weighted by molar-refractivity contribution is 7.13. The van der Waals surface area contributed by atoms with Crippen LogP contribution in [0.2, 0.25) is 0 Å². The van der Waals surface area contributed by atoms with Crippen LogP contribution in [-0.4, -0.2) is 26.4 Å². The Morgan fingerprint density at radius 2 is 2.00 bits per heavy atom. The van der Waals surface area contributed by atoms with Crippen molar-refractivity contribution in [1.82, 2.24) is 19.9 Å². The first-order valence-corrected chi connectivity index (χ1v) is 9.54. The SMILES string of the molecule is c1ccc(CN2CCCC[C@@H]2c2ccnc(Nc3nccs3)n2)cc1. The van der Waals surface area contributed by atoms with Crippen LogP contribution in [0, 0.1) is 0 Å². The van der Waals surface area contributed by atoms with Crippen LogP contribution < -0.4 is 5.32 Å². The van der Waals surface area contributed by atoms with Crippen LogP contribution in [0.5, 0.6) is 0 Å². The zero-order valence-electron chi connectivity index (χ0n) is 14.0. The molecule has 4 rings (SSSR count). The minimum atomic E-state index is 0.341. The fourth-order valence-corrected chi connectivity index (χ4v) is 3.85. The molecule has 5 nitrogen and oxygen atoms in total. The molecule has 25 heavy (non-hydrogen) atoms. The van der Waals surface area contributed by atoms with Gasteiger partial charge in [0.2, 0.25) is 5.95 Å². The van der Waals surface area contributed by atoms with Crippen LogP contribution in [-0.2, 0) is 6.54 Å². The fourth-order valence-electron chi connectivity index (χ4n) is 3.33. The predicted octanol–water partition coefficient (Wildman–Crippen LogP) is 4.40. The van der Waals surface area contributed by atoms with Gasteiger partial charge in [-0.2, -0.15) is 0 Å². The molecule has 6 heteroatoms. The van der Waals surface area contributed by atoms with Crippen LogP contribution in [0.25, 0.3) is 0 Å². The topological polar surface area (TPSA) is 53.9 Å². The highest BCUT2D eigenvalue weighted by atomic mass is 32.1. The second-order valence-electron chi connectivity index (χ2n) is 6.24. The van der Waals surface area contributed by atoms with Crippen molar-refractivity contribution in [3.05, 3.63) is 65.4 Å². The van der Waals surface area contributed by atoms with Crippen molar-refractivity contribution < 1.29 is 0 Å². The first-order chi connectivity index (χ1) is 12.4. The number of thiazole rings is 1. The number of likely N-dealkylation sites (tertiary alicyclic amines) is 1. The zero-order chi connectivity index (χ0) is 16.9. The Morgan fingerprint density at radius 1 is 1.08 bits per heavy atom. The van der Waals surface area contributed by atoms with E-state index in [2.05, 4.69) is 50.5 Å². The molecule has 0 radical (unpaired) electrons. The van der Waals surface area contributed by atoms with Gasteiger partial charge in [-0.3, -0.25) is 4.90 Å². The summed E-state index contributed by atoms with van der Waals surface area (Å²) in [6, 6.07) is 13.1. The molecule has 3 aromatic rings. The summed E-state index contributed by atoms with van der Waals surface area (Å²) in [6.45, 7) is 2.07. The van der Waals surface area contributed by atoms with Crippen LogP contribution in [0.4, 0.5) is 11.1 Å². The van der Waals surface area contributed by atoms with E-state index in [1.165, 1.54) is 18.4 Å². The van der Waals surface area contributed by atoms with Gasteiger partial charge in [-0.05, 0) is 31.0 Å². The Labute approximate surface area is 151 Å². The number of rotatable bonds is 5. The van der Waals surface area contributed by atoms with E-state index in [4.69, 9.17) is 4.98 Å². The van der Waals surface area contributed by atoms with E-state index in [0.717, 1.165) is 30.3 Å². The smallest absolute Gasteiger partial charge is 0.229 e. The zero-order valence-corrected chi connectivity index (χ0v) is 14.8. The summed E-state index contributed by atoms with van der Waals surface area (Å²) < 4.78 is 0. The number of anilines is 2. The summed E-state index contributed by atoms with van der Waals surface area (Å²) in [7, 11) is 0. The highest BCUT2D eigenvalue weighted by Gasteiger charge is 2.25. The Morgan fingerprint density at radius 3 is 2.84 bits per heavy atom. The van der Waals surface area contributed by atoms with Crippen molar-refractivity contribution in [3.63, 3.8) is 0 Å². The van der Waals surface area contributed by atoms with E-state index in [0.29, 0.717) is 12.0 Å². The predicted molar refractivity (Wildman–Crippen MR) is 101 cm³/mol. The molecule has 1 aliphatic heterocycles. The summed E-state index contributed by atoms with van der Waals surface area (Å²) in [4.78, 5) is 15.9. The van der Waals surface area contributed by atoms with E-state index in [9.17, 15) is 0 Å². The maximum Gasteiger partial charge on any atom is 0.229 e. The van der Waals surface area contributed by atoms with Gasteiger partial charge in [0.15, 0.2) is 5.13 Å². The Bertz CT molecular complexity index is 791. The lowest BCUT2D eigenvalue weighted by molar-refractivity contribution is 0.137. The third kappa shape index (κ3) is 4.03. The Kier molecular flexibility index (Phi) is 4.99. The number of hydrogen-bond acceptors (Lipinski definition) is 6. The first kappa shape index (κ1) is 16.2. The van der Waals surface area contributed by atoms with E-state index in [1.54, 1.807) is 17.5 Å². The van der Waals surface area contributed by atoms with Gasteiger partial charge in [0, 0.05) is 24.3 Å². The normalized spacial score (nSPS) is 18.2. The summed E-state index contributed by atoms with van der Waals surface area (Å²) in [5.41, 5.74) is 2.44. The van der Waals surface area contributed by atoms with Crippen molar-refractivity contribution in [2.75, 3.05) is 11.9 Å². The van der Waals surface area contributed by atoms with Crippen molar-refractivity contribution in [2.24, 2.45) is 0 Å². The maximum atomic E-state index is 4.77. The van der Waals surface area contributed by atoms with Gasteiger partial charge in [-0.15, -0.1) is 11.3 Å². The average Bonchev–Trinajstić information content (AvgIpc) is 3.16. The molecule has 1 atom stereocenters. The molecule has 2 aromatic heterocycles. The van der Waals surface area contributed by atoms with Gasteiger partial charge in [0.1, 0.15) is 0 Å². The summed E-state index contributed by atoms with van der Waals surface area (Å²) in [5, 5.41) is 5.96. The molecule has 128 valence electrons. The van der Waals surface area contributed by atoms with Gasteiger partial charge >= 0.3 is 0 Å². The standard InChI is InChI=1S/C19H21N5S/c1-2-6-15(7-3-1)14-24-12-5-4-8-17(24)16-9-10-20-18(22-16)23-19-21-11-13-25-19/h1-3,6-7,9-11,13,17H,4-5,8,12,14H2,(H,20,21,22,23)/t17-/m1/s1. The number of hydrogen-bond donors (Lipinski definition) is 1. The van der Waals surface area contributed by atoms with Crippen LogP contribution >= 0.6 is 11.3 Å². The largest absolute Gasteiger partial charge is 0.300 e. The lowest BCUT2D eigenvalue weighted by Gasteiger charge is -2.35. The van der Waals surface area contributed by atoms with Crippen LogP contribution in [0.1, 0.15) is 36.6 Å². The van der Waals surface area contributed by atoms with Gasteiger partial charge < -0.3 is 5.32 Å². The second-order valence-corrected chi connectivity index (χ2v) is 7.13. The maximum absolute atomic E-state index is 4.77. The van der Waals surface area contributed by atoms with Crippen molar-refractivity contribution in [1.29, 1.82) is 0 Å². The van der Waals surface area contributed by atoms with Crippen molar-refractivity contribution >= 4 is 22.4 Å². The second kappa shape index (κ2) is 7.72. The van der Waals surface area contributed by atoms with E-state index < -0.39 is 0 Å². The van der Waals surface area contributed by atoms with Gasteiger partial charge in [-0.25, -0.2) is 15.0 Å². The summed E-state index contributed by atoms with van der Waals surface area (Å²) >= 11 is 1.55. The van der Waals surface area contributed by atoms with Gasteiger partial charge in [0.05, 0.1) is 11.7 Å².